The highest BCUT2D eigenvalue weighted by atomic mass is 32.2. The number of aliphatic hydroxyl groups excluding tert-OH is 2. The number of hydrogen-bond donors (Lipinski definition) is 2. The van der Waals surface area contributed by atoms with Gasteiger partial charge in [0.25, 0.3) is 0 Å². The van der Waals surface area contributed by atoms with Gasteiger partial charge in [-0.15, -0.1) is 0 Å². The predicted molar refractivity (Wildman–Crippen MR) is 77.6 cm³/mol. The maximum Gasteiger partial charge on any atom is 0.185 e. The lowest BCUT2D eigenvalue weighted by Crippen LogP contribution is -2.21. The minimum absolute atomic E-state index is 0.109. The summed E-state index contributed by atoms with van der Waals surface area (Å²) in [5.41, 5.74) is 1.07. The molecule has 2 rings (SSSR count). The Morgan fingerprint density at radius 3 is 2.67 bits per heavy atom. The zero-order valence-electron chi connectivity index (χ0n) is 11.3. The fourth-order valence-corrected chi connectivity index (χ4v) is 2.33. The van der Waals surface area contributed by atoms with Crippen LogP contribution in [0.15, 0.2) is 36.7 Å². The fourth-order valence-electron chi connectivity index (χ4n) is 1.74. The number of rotatable bonds is 5. The van der Waals surface area contributed by atoms with Crippen LogP contribution in [0.1, 0.15) is 18.6 Å². The summed E-state index contributed by atoms with van der Waals surface area (Å²) in [6.45, 7) is 1.40. The van der Waals surface area contributed by atoms with Crippen molar-refractivity contribution in [3.8, 4) is 5.69 Å². The van der Waals surface area contributed by atoms with Crippen molar-refractivity contribution < 1.29 is 19.4 Å². The van der Waals surface area contributed by atoms with E-state index in [0.717, 1.165) is 11.8 Å². The molecule has 0 spiro atoms. The Balaban J connectivity index is 2.08. The Hall–Kier alpha value is -1.70. The van der Waals surface area contributed by atoms with Gasteiger partial charge in [-0.05, 0) is 24.3 Å². The summed E-state index contributed by atoms with van der Waals surface area (Å²) >= 11 is 0.949. The van der Waals surface area contributed by atoms with E-state index >= 15 is 0 Å². The molecule has 0 saturated carbocycles. The maximum absolute atomic E-state index is 12.9. The Bertz CT molecular complexity index is 615. The van der Waals surface area contributed by atoms with Crippen molar-refractivity contribution in [2.45, 2.75) is 19.1 Å². The second-order valence-corrected chi connectivity index (χ2v) is 5.71. The van der Waals surface area contributed by atoms with E-state index in [9.17, 15) is 19.4 Å². The van der Waals surface area contributed by atoms with Gasteiger partial charge in [-0.3, -0.25) is 4.79 Å². The topological polar surface area (TPSA) is 75.3 Å². The number of benzene rings is 1. The van der Waals surface area contributed by atoms with Crippen LogP contribution in [-0.2, 0) is 4.79 Å². The van der Waals surface area contributed by atoms with Crippen molar-refractivity contribution in [1.29, 1.82) is 0 Å². The van der Waals surface area contributed by atoms with Gasteiger partial charge in [-0.2, -0.15) is 5.10 Å². The van der Waals surface area contributed by atoms with Crippen molar-refractivity contribution >= 4 is 16.9 Å². The molecule has 1 aromatic carbocycles. The molecule has 21 heavy (non-hydrogen) atoms. The van der Waals surface area contributed by atoms with Crippen LogP contribution >= 0.6 is 11.8 Å². The zero-order chi connectivity index (χ0) is 15.4. The molecule has 5 nitrogen and oxygen atoms in total. The van der Waals surface area contributed by atoms with Crippen LogP contribution in [0, 0.1) is 5.82 Å². The van der Waals surface area contributed by atoms with Gasteiger partial charge in [-0.1, -0.05) is 11.8 Å². The average molecular weight is 310 g/mol. The number of halogens is 1. The van der Waals surface area contributed by atoms with Gasteiger partial charge < -0.3 is 10.2 Å². The highest BCUT2D eigenvalue weighted by molar-refractivity contribution is 8.13. The van der Waals surface area contributed by atoms with Crippen LogP contribution in [0.5, 0.6) is 0 Å². The van der Waals surface area contributed by atoms with E-state index in [-0.39, 0.29) is 16.7 Å². The molecular formula is C14H15FN2O3S. The number of aromatic nitrogens is 2. The first-order valence-corrected chi connectivity index (χ1v) is 7.26. The largest absolute Gasteiger partial charge is 0.389 e. The van der Waals surface area contributed by atoms with Gasteiger partial charge in [0, 0.05) is 24.4 Å². The number of thioether (sulfide) groups is 1. The van der Waals surface area contributed by atoms with Crippen LogP contribution in [-0.4, -0.2) is 37.0 Å². The van der Waals surface area contributed by atoms with Gasteiger partial charge >= 0.3 is 0 Å². The second kappa shape index (κ2) is 6.84. The normalized spacial score (nSPS) is 13.9. The quantitative estimate of drug-likeness (QED) is 0.879. The molecule has 0 aliphatic rings. The molecule has 1 heterocycles. The Kier molecular flexibility index (Phi) is 5.11. The van der Waals surface area contributed by atoms with Crippen LogP contribution in [0.4, 0.5) is 4.39 Å². The number of carbonyl (C=O) groups excluding carboxylic acids is 1. The molecule has 0 saturated heterocycles. The SMILES string of the molecule is CC(=O)SCC(O)C(O)c1cnn(-c2ccc(F)cc2)c1. The molecule has 2 unspecified atom stereocenters. The molecule has 2 atom stereocenters. The van der Waals surface area contributed by atoms with Gasteiger partial charge in [0.1, 0.15) is 11.9 Å². The van der Waals surface area contributed by atoms with E-state index in [0.29, 0.717) is 11.3 Å². The van der Waals surface area contributed by atoms with Gasteiger partial charge in [0.05, 0.1) is 18.0 Å². The molecular weight excluding hydrogens is 295 g/mol. The van der Waals surface area contributed by atoms with E-state index in [4.69, 9.17) is 0 Å². The predicted octanol–water partition coefficient (Wildman–Crippen LogP) is 1.69. The van der Waals surface area contributed by atoms with Gasteiger partial charge in [0.2, 0.25) is 0 Å². The zero-order valence-corrected chi connectivity index (χ0v) is 12.1. The molecule has 0 amide bonds. The van der Waals surface area contributed by atoms with Gasteiger partial charge in [-0.25, -0.2) is 9.07 Å². The van der Waals surface area contributed by atoms with E-state index in [1.807, 2.05) is 0 Å². The third kappa shape index (κ3) is 4.13. The minimum atomic E-state index is -1.13. The van der Waals surface area contributed by atoms with Crippen molar-refractivity contribution in [2.75, 3.05) is 5.75 Å². The third-order valence-electron chi connectivity index (χ3n) is 2.86. The first-order chi connectivity index (χ1) is 9.97. The summed E-state index contributed by atoms with van der Waals surface area (Å²) in [4.78, 5) is 10.8. The standard InChI is InChI=1S/C14H15FN2O3S/c1-9(18)21-8-13(19)14(20)10-6-16-17(7-10)12-4-2-11(15)3-5-12/h2-7,13-14,19-20H,8H2,1H3. The fraction of sp³-hybridized carbons (Fsp3) is 0.286. The van der Waals surface area contributed by atoms with Crippen LogP contribution < -0.4 is 0 Å². The number of hydrogen-bond acceptors (Lipinski definition) is 5. The molecule has 0 radical (unpaired) electrons. The molecule has 7 heteroatoms. The van der Waals surface area contributed by atoms with Crippen LogP contribution in [0.25, 0.3) is 5.69 Å². The van der Waals surface area contributed by atoms with Crippen molar-refractivity contribution in [2.24, 2.45) is 0 Å². The average Bonchev–Trinajstić information content (AvgIpc) is 2.94. The molecule has 1 aromatic heterocycles. The summed E-state index contributed by atoms with van der Waals surface area (Å²) in [5, 5.41) is 23.8. The van der Waals surface area contributed by atoms with E-state index < -0.39 is 12.2 Å². The van der Waals surface area contributed by atoms with E-state index in [1.165, 1.54) is 29.9 Å². The molecule has 2 N–H and O–H groups in total. The van der Waals surface area contributed by atoms with Crippen molar-refractivity contribution in [1.82, 2.24) is 9.78 Å². The van der Waals surface area contributed by atoms with Gasteiger partial charge in [0.15, 0.2) is 5.12 Å². The van der Waals surface area contributed by atoms with Crippen LogP contribution in [0.2, 0.25) is 0 Å². The lowest BCUT2D eigenvalue weighted by molar-refractivity contribution is -0.109. The molecule has 0 fully saturated rings. The highest BCUT2D eigenvalue weighted by Gasteiger charge is 2.20. The molecule has 0 bridgehead atoms. The Morgan fingerprint density at radius 2 is 2.05 bits per heavy atom. The van der Waals surface area contributed by atoms with Crippen molar-refractivity contribution in [3.63, 3.8) is 0 Å². The Morgan fingerprint density at radius 1 is 1.38 bits per heavy atom. The minimum Gasteiger partial charge on any atom is -0.389 e. The monoisotopic (exact) mass is 310 g/mol. The van der Waals surface area contributed by atoms with Crippen LogP contribution in [0.3, 0.4) is 0 Å². The lowest BCUT2D eigenvalue weighted by Gasteiger charge is -2.15. The smallest absolute Gasteiger partial charge is 0.185 e. The summed E-state index contributed by atoms with van der Waals surface area (Å²) in [7, 11) is 0. The first-order valence-electron chi connectivity index (χ1n) is 6.27. The summed E-state index contributed by atoms with van der Waals surface area (Å²) in [6, 6.07) is 5.73. The van der Waals surface area contributed by atoms with E-state index in [2.05, 4.69) is 5.10 Å². The summed E-state index contributed by atoms with van der Waals surface area (Å²) < 4.78 is 14.3. The maximum atomic E-state index is 12.9. The molecule has 0 aliphatic carbocycles. The molecule has 2 aromatic rings. The third-order valence-corrected chi connectivity index (χ3v) is 3.77. The van der Waals surface area contributed by atoms with Crippen molar-refractivity contribution in [3.05, 3.63) is 48.0 Å². The highest BCUT2D eigenvalue weighted by Crippen LogP contribution is 2.21. The number of aliphatic hydroxyl groups is 2. The lowest BCUT2D eigenvalue weighted by atomic mass is 10.1. The van der Waals surface area contributed by atoms with E-state index in [1.54, 1.807) is 18.3 Å². The second-order valence-electron chi connectivity index (χ2n) is 4.51. The summed E-state index contributed by atoms with van der Waals surface area (Å²) in [5.74, 6) is -0.235. The first kappa shape index (κ1) is 15.7. The number of nitrogens with zero attached hydrogens (tertiary/aromatic N) is 2. The molecule has 0 aliphatic heterocycles. The number of carbonyl (C=O) groups is 1. The Labute approximate surface area is 125 Å². The molecule has 112 valence electrons. The summed E-state index contributed by atoms with van der Waals surface area (Å²) in [6.07, 6.45) is 0.783.